The van der Waals surface area contributed by atoms with Crippen LogP contribution in [0.1, 0.15) is 22.8 Å². The first kappa shape index (κ1) is 18.6. The molecule has 2 heterocycles. The topological polar surface area (TPSA) is 25.2 Å². The van der Waals surface area contributed by atoms with Crippen molar-refractivity contribution in [1.82, 2.24) is 4.57 Å². The molecule has 0 atom stereocenters. The van der Waals surface area contributed by atoms with Crippen molar-refractivity contribution in [3.8, 4) is 5.69 Å². The second kappa shape index (κ2) is 7.24. The quantitative estimate of drug-likeness (QED) is 0.302. The van der Waals surface area contributed by atoms with Gasteiger partial charge in [-0.15, -0.1) is 0 Å². The minimum Gasteiger partial charge on any atom is -0.338 e. The first-order chi connectivity index (χ1) is 15.8. The molecule has 0 saturated carbocycles. The summed E-state index contributed by atoms with van der Waals surface area (Å²) in [6, 6.07) is 33.3. The van der Waals surface area contributed by atoms with Crippen molar-refractivity contribution in [2.75, 3.05) is 11.4 Å². The van der Waals surface area contributed by atoms with Crippen molar-refractivity contribution in [2.45, 2.75) is 6.92 Å². The molecule has 6 rings (SSSR count). The standard InChI is InChI=1S/C29H22N2O/c1-2-30-25-14-8-7-13-23(25)29(32)28(30)19-20-16-17-27-24(18-20)22-12-6-9-15-26(22)31(27)21-10-4-3-5-11-21/h3-19H,2H2,1H3/b28-19+. The van der Waals surface area contributed by atoms with E-state index in [4.69, 9.17) is 0 Å². The number of benzene rings is 4. The number of para-hydroxylation sites is 3. The molecule has 32 heavy (non-hydrogen) atoms. The van der Waals surface area contributed by atoms with Crippen LogP contribution in [-0.4, -0.2) is 16.9 Å². The number of hydrogen-bond donors (Lipinski definition) is 0. The molecule has 3 heteroatoms. The molecule has 0 unspecified atom stereocenters. The highest BCUT2D eigenvalue weighted by molar-refractivity contribution is 6.21. The first-order valence-electron chi connectivity index (χ1n) is 11.0. The van der Waals surface area contributed by atoms with Gasteiger partial charge < -0.3 is 9.47 Å². The van der Waals surface area contributed by atoms with Crippen LogP contribution in [0, 0.1) is 0 Å². The molecule has 4 aromatic carbocycles. The lowest BCUT2D eigenvalue weighted by Gasteiger charge is -2.18. The molecule has 3 nitrogen and oxygen atoms in total. The highest BCUT2D eigenvalue weighted by Crippen LogP contribution is 2.36. The molecule has 5 aromatic rings. The van der Waals surface area contributed by atoms with E-state index in [1.807, 2.05) is 36.4 Å². The molecule has 0 fully saturated rings. The van der Waals surface area contributed by atoms with Gasteiger partial charge in [-0.3, -0.25) is 4.79 Å². The molecule has 0 bridgehead atoms. The van der Waals surface area contributed by atoms with Crippen LogP contribution in [0.3, 0.4) is 0 Å². The summed E-state index contributed by atoms with van der Waals surface area (Å²) < 4.78 is 2.30. The van der Waals surface area contributed by atoms with E-state index < -0.39 is 0 Å². The fourth-order valence-electron chi connectivity index (χ4n) is 4.87. The number of rotatable bonds is 3. The number of aromatic nitrogens is 1. The predicted molar refractivity (Wildman–Crippen MR) is 133 cm³/mol. The van der Waals surface area contributed by atoms with Crippen molar-refractivity contribution in [3.63, 3.8) is 0 Å². The minimum atomic E-state index is 0.0919. The predicted octanol–water partition coefficient (Wildman–Crippen LogP) is 6.85. The summed E-state index contributed by atoms with van der Waals surface area (Å²) in [5.41, 5.74) is 7.02. The average molecular weight is 415 g/mol. The maximum absolute atomic E-state index is 13.1. The summed E-state index contributed by atoms with van der Waals surface area (Å²) in [6.45, 7) is 2.84. The molecular formula is C29H22N2O. The number of allylic oxidation sites excluding steroid dienone is 1. The van der Waals surface area contributed by atoms with Crippen LogP contribution in [0.4, 0.5) is 5.69 Å². The van der Waals surface area contributed by atoms with Crippen LogP contribution < -0.4 is 4.90 Å². The zero-order chi connectivity index (χ0) is 21.7. The highest BCUT2D eigenvalue weighted by atomic mass is 16.1. The normalized spacial score (nSPS) is 14.6. The Morgan fingerprint density at radius 3 is 2.31 bits per heavy atom. The number of likely N-dealkylation sites (N-methyl/N-ethyl adjacent to an activating group) is 1. The second-order valence-corrected chi connectivity index (χ2v) is 8.08. The van der Waals surface area contributed by atoms with Crippen molar-refractivity contribution >= 4 is 39.4 Å². The van der Waals surface area contributed by atoms with Crippen LogP contribution >= 0.6 is 0 Å². The highest BCUT2D eigenvalue weighted by Gasteiger charge is 2.30. The van der Waals surface area contributed by atoms with Crippen LogP contribution in [0.15, 0.2) is 103 Å². The summed E-state index contributed by atoms with van der Waals surface area (Å²) in [5.74, 6) is 0.0919. The van der Waals surface area contributed by atoms with Gasteiger partial charge in [-0.1, -0.05) is 54.6 Å². The Morgan fingerprint density at radius 2 is 1.47 bits per heavy atom. The smallest absolute Gasteiger partial charge is 0.211 e. The Kier molecular flexibility index (Phi) is 4.22. The first-order valence-corrected chi connectivity index (χ1v) is 11.0. The fourth-order valence-corrected chi connectivity index (χ4v) is 4.87. The number of hydrogen-bond acceptors (Lipinski definition) is 2. The third-order valence-corrected chi connectivity index (χ3v) is 6.29. The van der Waals surface area contributed by atoms with Crippen LogP contribution in [0.5, 0.6) is 0 Å². The van der Waals surface area contributed by atoms with Crippen molar-refractivity contribution < 1.29 is 4.79 Å². The number of ketones is 1. The molecular weight excluding hydrogens is 392 g/mol. The zero-order valence-corrected chi connectivity index (χ0v) is 17.8. The maximum Gasteiger partial charge on any atom is 0.211 e. The summed E-state index contributed by atoms with van der Waals surface area (Å²) in [4.78, 5) is 15.2. The second-order valence-electron chi connectivity index (χ2n) is 8.08. The van der Waals surface area contributed by atoms with Crippen LogP contribution in [0.2, 0.25) is 0 Å². The monoisotopic (exact) mass is 414 g/mol. The molecule has 0 amide bonds. The van der Waals surface area contributed by atoms with Gasteiger partial charge in [0.15, 0.2) is 0 Å². The summed E-state index contributed by atoms with van der Waals surface area (Å²) in [6.07, 6.45) is 2.03. The fraction of sp³-hybridized carbons (Fsp3) is 0.0690. The van der Waals surface area contributed by atoms with E-state index in [2.05, 4.69) is 83.1 Å². The summed E-state index contributed by atoms with van der Waals surface area (Å²) >= 11 is 0. The van der Waals surface area contributed by atoms with Crippen molar-refractivity contribution in [1.29, 1.82) is 0 Å². The lowest BCUT2D eigenvalue weighted by Crippen LogP contribution is -2.19. The summed E-state index contributed by atoms with van der Waals surface area (Å²) in [5, 5.41) is 2.39. The number of fused-ring (bicyclic) bond motifs is 4. The maximum atomic E-state index is 13.1. The molecule has 0 spiro atoms. The Morgan fingerprint density at radius 1 is 0.750 bits per heavy atom. The molecule has 154 valence electrons. The van der Waals surface area contributed by atoms with Gasteiger partial charge in [0.05, 0.1) is 22.4 Å². The van der Waals surface area contributed by atoms with Crippen molar-refractivity contribution in [2.24, 2.45) is 0 Å². The number of nitrogens with zero attached hydrogens (tertiary/aromatic N) is 2. The number of carbonyl (C=O) groups excluding carboxylic acids is 1. The lowest BCUT2D eigenvalue weighted by molar-refractivity contribution is 0.104. The molecule has 0 radical (unpaired) electrons. The Labute approximate surface area is 186 Å². The molecule has 0 saturated heterocycles. The third-order valence-electron chi connectivity index (χ3n) is 6.29. The molecule has 1 aliphatic rings. The lowest BCUT2D eigenvalue weighted by atomic mass is 10.1. The van der Waals surface area contributed by atoms with E-state index in [0.29, 0.717) is 0 Å². The molecule has 0 aliphatic carbocycles. The molecule has 1 aromatic heterocycles. The van der Waals surface area contributed by atoms with Gasteiger partial charge in [0.2, 0.25) is 5.78 Å². The van der Waals surface area contributed by atoms with E-state index in [-0.39, 0.29) is 5.78 Å². The SMILES string of the molecule is CCN1/C(=C/c2ccc3c(c2)c2ccccc2n3-c2ccccc2)C(=O)c2ccccc21. The number of carbonyl (C=O) groups is 1. The van der Waals surface area contributed by atoms with Gasteiger partial charge in [0, 0.05) is 28.6 Å². The van der Waals surface area contributed by atoms with E-state index in [1.165, 1.54) is 16.3 Å². The van der Waals surface area contributed by atoms with Gasteiger partial charge in [-0.05, 0) is 61.0 Å². The van der Waals surface area contributed by atoms with E-state index in [1.54, 1.807) is 0 Å². The minimum absolute atomic E-state index is 0.0919. The average Bonchev–Trinajstić information content (AvgIpc) is 3.31. The molecule has 0 N–H and O–H groups in total. The Bertz CT molecular complexity index is 1530. The van der Waals surface area contributed by atoms with Gasteiger partial charge in [0.25, 0.3) is 0 Å². The van der Waals surface area contributed by atoms with Crippen LogP contribution in [0.25, 0.3) is 33.6 Å². The van der Waals surface area contributed by atoms with Crippen molar-refractivity contribution in [3.05, 3.63) is 114 Å². The van der Waals surface area contributed by atoms with Gasteiger partial charge in [0.1, 0.15) is 0 Å². The molecule has 1 aliphatic heterocycles. The Hall–Kier alpha value is -4.11. The Balaban J connectivity index is 1.55. The van der Waals surface area contributed by atoms with E-state index >= 15 is 0 Å². The van der Waals surface area contributed by atoms with Gasteiger partial charge in [-0.25, -0.2) is 0 Å². The summed E-state index contributed by atoms with van der Waals surface area (Å²) in [7, 11) is 0. The zero-order valence-electron chi connectivity index (χ0n) is 17.8. The number of Topliss-reactive ketones (excluding diaryl/α,β-unsaturated/α-hetero) is 1. The third kappa shape index (κ3) is 2.71. The largest absolute Gasteiger partial charge is 0.338 e. The van der Waals surface area contributed by atoms with E-state index in [0.717, 1.165) is 40.3 Å². The van der Waals surface area contributed by atoms with Gasteiger partial charge in [-0.2, -0.15) is 0 Å². The van der Waals surface area contributed by atoms with E-state index in [9.17, 15) is 4.79 Å². The van der Waals surface area contributed by atoms with Crippen LogP contribution in [-0.2, 0) is 0 Å². The number of anilines is 1. The van der Waals surface area contributed by atoms with Gasteiger partial charge >= 0.3 is 0 Å².